The Morgan fingerprint density at radius 1 is 1.48 bits per heavy atom. The molecule has 4 N–H and O–H groups in total. The lowest BCUT2D eigenvalue weighted by atomic mass is 10.1. The lowest BCUT2D eigenvalue weighted by Crippen LogP contribution is -2.40. The molecule has 0 aromatic heterocycles. The SMILES string of the molecule is CCN1CCCC1CNC(=O)c1cc(S(C)(=O)=O)c(N)cc1O. The summed E-state index contributed by atoms with van der Waals surface area (Å²) in [6.45, 7) is 4.48. The zero-order chi connectivity index (χ0) is 17.2. The number of likely N-dealkylation sites (tertiary alicyclic amines) is 1. The van der Waals surface area contributed by atoms with Crippen LogP contribution in [0.3, 0.4) is 0 Å². The second kappa shape index (κ2) is 6.76. The number of anilines is 1. The third-order valence-electron chi connectivity index (χ3n) is 4.18. The average molecular weight is 341 g/mol. The summed E-state index contributed by atoms with van der Waals surface area (Å²) in [7, 11) is -3.57. The van der Waals surface area contributed by atoms with Crippen LogP contribution in [0.15, 0.2) is 17.0 Å². The molecule has 23 heavy (non-hydrogen) atoms. The van der Waals surface area contributed by atoms with Crippen LogP contribution in [0.1, 0.15) is 30.1 Å². The molecule has 1 saturated heterocycles. The topological polar surface area (TPSA) is 113 Å². The maximum absolute atomic E-state index is 12.3. The number of phenolic OH excluding ortho intramolecular Hbond substituents is 1. The van der Waals surface area contributed by atoms with Gasteiger partial charge in [0.1, 0.15) is 5.75 Å². The fourth-order valence-electron chi connectivity index (χ4n) is 2.94. The highest BCUT2D eigenvalue weighted by atomic mass is 32.2. The van der Waals surface area contributed by atoms with Gasteiger partial charge in [0.15, 0.2) is 9.84 Å². The molecule has 1 aromatic carbocycles. The van der Waals surface area contributed by atoms with E-state index in [1.165, 1.54) is 0 Å². The fourth-order valence-corrected chi connectivity index (χ4v) is 3.75. The molecule has 1 atom stereocenters. The highest BCUT2D eigenvalue weighted by Crippen LogP contribution is 2.27. The van der Waals surface area contributed by atoms with Crippen LogP contribution in [0.25, 0.3) is 0 Å². The number of hydrogen-bond donors (Lipinski definition) is 3. The molecule has 7 nitrogen and oxygen atoms in total. The van der Waals surface area contributed by atoms with Crippen molar-refractivity contribution in [2.45, 2.75) is 30.7 Å². The Morgan fingerprint density at radius 2 is 2.17 bits per heavy atom. The minimum atomic E-state index is -3.57. The van der Waals surface area contributed by atoms with E-state index in [1.54, 1.807) is 0 Å². The number of carbonyl (C=O) groups excluding carboxylic acids is 1. The maximum Gasteiger partial charge on any atom is 0.255 e. The van der Waals surface area contributed by atoms with E-state index in [4.69, 9.17) is 5.73 Å². The smallest absolute Gasteiger partial charge is 0.255 e. The summed E-state index contributed by atoms with van der Waals surface area (Å²) >= 11 is 0. The van der Waals surface area contributed by atoms with E-state index in [-0.39, 0.29) is 27.9 Å². The molecule has 0 radical (unpaired) electrons. The van der Waals surface area contributed by atoms with Gasteiger partial charge in [-0.3, -0.25) is 9.69 Å². The van der Waals surface area contributed by atoms with E-state index in [1.807, 2.05) is 0 Å². The van der Waals surface area contributed by atoms with Gasteiger partial charge < -0.3 is 16.2 Å². The summed E-state index contributed by atoms with van der Waals surface area (Å²) in [6, 6.07) is 2.50. The summed E-state index contributed by atoms with van der Waals surface area (Å²) in [5.74, 6) is -0.832. The van der Waals surface area contributed by atoms with Gasteiger partial charge in [0.25, 0.3) is 5.91 Å². The van der Waals surface area contributed by atoms with Crippen molar-refractivity contribution in [3.8, 4) is 5.75 Å². The Bertz CT molecular complexity index is 703. The molecule has 1 fully saturated rings. The first-order valence-electron chi connectivity index (χ1n) is 7.58. The molecule has 1 aliphatic heterocycles. The standard InChI is InChI=1S/C15H23N3O4S/c1-3-18-6-4-5-10(18)9-17-15(20)11-7-14(23(2,21)22)12(16)8-13(11)19/h7-8,10,19H,3-6,9,16H2,1-2H3,(H,17,20). The molecule has 1 aliphatic rings. The zero-order valence-electron chi connectivity index (χ0n) is 13.4. The van der Waals surface area contributed by atoms with Gasteiger partial charge in [0.2, 0.25) is 0 Å². The van der Waals surface area contributed by atoms with Crippen LogP contribution >= 0.6 is 0 Å². The van der Waals surface area contributed by atoms with Crippen LogP contribution < -0.4 is 11.1 Å². The number of sulfone groups is 1. The molecule has 0 spiro atoms. The Labute approximate surface area is 136 Å². The predicted molar refractivity (Wildman–Crippen MR) is 88.2 cm³/mol. The van der Waals surface area contributed by atoms with E-state index in [9.17, 15) is 18.3 Å². The maximum atomic E-state index is 12.3. The highest BCUT2D eigenvalue weighted by Gasteiger charge is 2.24. The Kier molecular flexibility index (Phi) is 5.16. The van der Waals surface area contributed by atoms with Crippen LogP contribution in [0.4, 0.5) is 5.69 Å². The van der Waals surface area contributed by atoms with Crippen LogP contribution in [0.5, 0.6) is 5.75 Å². The van der Waals surface area contributed by atoms with Crippen molar-refractivity contribution in [3.05, 3.63) is 17.7 Å². The third kappa shape index (κ3) is 3.94. The first-order chi connectivity index (χ1) is 10.7. The van der Waals surface area contributed by atoms with Gasteiger partial charge in [-0.05, 0) is 32.0 Å². The number of likely N-dealkylation sites (N-methyl/N-ethyl adjacent to an activating group) is 1. The summed E-state index contributed by atoms with van der Waals surface area (Å²) in [4.78, 5) is 14.4. The van der Waals surface area contributed by atoms with E-state index in [0.717, 1.165) is 44.3 Å². The van der Waals surface area contributed by atoms with Gasteiger partial charge in [0, 0.05) is 24.9 Å². The zero-order valence-corrected chi connectivity index (χ0v) is 14.2. The van der Waals surface area contributed by atoms with Gasteiger partial charge in [-0.15, -0.1) is 0 Å². The Hall–Kier alpha value is -1.80. The number of nitrogens with one attached hydrogen (secondary N) is 1. The number of carbonyl (C=O) groups is 1. The van der Waals surface area contributed by atoms with E-state index in [2.05, 4.69) is 17.1 Å². The number of phenols is 1. The molecule has 1 heterocycles. The highest BCUT2D eigenvalue weighted by molar-refractivity contribution is 7.90. The number of nitrogen functional groups attached to an aromatic ring is 1. The molecule has 0 aliphatic carbocycles. The lowest BCUT2D eigenvalue weighted by molar-refractivity contribution is 0.0938. The van der Waals surface area contributed by atoms with Crippen LogP contribution in [0, 0.1) is 0 Å². The quantitative estimate of drug-likeness (QED) is 0.676. The number of nitrogens with zero attached hydrogens (tertiary/aromatic N) is 1. The van der Waals surface area contributed by atoms with Crippen molar-refractivity contribution >= 4 is 21.4 Å². The van der Waals surface area contributed by atoms with E-state index < -0.39 is 15.7 Å². The van der Waals surface area contributed by atoms with Gasteiger partial charge >= 0.3 is 0 Å². The van der Waals surface area contributed by atoms with E-state index in [0.29, 0.717) is 6.54 Å². The first-order valence-corrected chi connectivity index (χ1v) is 9.48. The minimum Gasteiger partial charge on any atom is -0.507 e. The van der Waals surface area contributed by atoms with Gasteiger partial charge in [0.05, 0.1) is 16.1 Å². The second-order valence-corrected chi connectivity index (χ2v) is 7.80. The molecule has 128 valence electrons. The van der Waals surface area contributed by atoms with Crippen LogP contribution in [0.2, 0.25) is 0 Å². The van der Waals surface area contributed by atoms with Crippen molar-refractivity contribution in [2.24, 2.45) is 0 Å². The molecule has 1 unspecified atom stereocenters. The van der Waals surface area contributed by atoms with E-state index >= 15 is 0 Å². The van der Waals surface area contributed by atoms with Gasteiger partial charge in [-0.1, -0.05) is 6.92 Å². The normalized spacial score (nSPS) is 19.0. The number of nitrogens with two attached hydrogens (primary N) is 1. The molecule has 2 rings (SSSR count). The monoisotopic (exact) mass is 341 g/mol. The molecule has 1 aromatic rings. The molecule has 0 bridgehead atoms. The summed E-state index contributed by atoms with van der Waals surface area (Å²) in [5.41, 5.74) is 5.45. The van der Waals surface area contributed by atoms with Crippen molar-refractivity contribution in [3.63, 3.8) is 0 Å². The number of benzene rings is 1. The average Bonchev–Trinajstić information content (AvgIpc) is 2.90. The number of amides is 1. The summed E-state index contributed by atoms with van der Waals surface area (Å²) < 4.78 is 23.4. The Morgan fingerprint density at radius 3 is 2.78 bits per heavy atom. The number of hydrogen-bond acceptors (Lipinski definition) is 6. The third-order valence-corrected chi connectivity index (χ3v) is 5.33. The van der Waals surface area contributed by atoms with Crippen LogP contribution in [-0.2, 0) is 9.84 Å². The fraction of sp³-hybridized carbons (Fsp3) is 0.533. The van der Waals surface area contributed by atoms with Crippen molar-refractivity contribution in [1.82, 2.24) is 10.2 Å². The largest absolute Gasteiger partial charge is 0.507 e. The van der Waals surface area contributed by atoms with Crippen molar-refractivity contribution < 1.29 is 18.3 Å². The summed E-state index contributed by atoms with van der Waals surface area (Å²) in [6.07, 6.45) is 3.12. The van der Waals surface area contributed by atoms with Crippen molar-refractivity contribution in [2.75, 3.05) is 31.6 Å². The molecule has 1 amide bonds. The molecule has 0 saturated carbocycles. The number of aromatic hydroxyl groups is 1. The second-order valence-electron chi connectivity index (χ2n) is 5.81. The van der Waals surface area contributed by atoms with Crippen molar-refractivity contribution in [1.29, 1.82) is 0 Å². The molecular formula is C15H23N3O4S. The molecular weight excluding hydrogens is 318 g/mol. The molecule has 8 heteroatoms. The van der Waals surface area contributed by atoms with Gasteiger partial charge in [-0.25, -0.2) is 8.42 Å². The lowest BCUT2D eigenvalue weighted by Gasteiger charge is -2.23. The summed E-state index contributed by atoms with van der Waals surface area (Å²) in [5, 5.41) is 12.7. The number of rotatable bonds is 5. The Balaban J connectivity index is 2.16. The predicted octanol–water partition coefficient (Wildman–Crippen LogP) is 0.592. The minimum absolute atomic E-state index is 0.0745. The van der Waals surface area contributed by atoms with Gasteiger partial charge in [-0.2, -0.15) is 0 Å². The first kappa shape index (κ1) is 17.6. The van der Waals surface area contributed by atoms with Crippen LogP contribution in [-0.4, -0.2) is 56.3 Å².